The maximum Gasteiger partial charge on any atom is 0.224 e. The molecule has 1 aromatic rings. The average molecular weight is 215 g/mol. The highest BCUT2D eigenvalue weighted by atomic mass is 35.5. The first-order valence-corrected chi connectivity index (χ1v) is 4.79. The van der Waals surface area contributed by atoms with E-state index in [1.165, 1.54) is 0 Å². The van der Waals surface area contributed by atoms with Crippen LogP contribution in [0, 0.1) is 0 Å². The Morgan fingerprint density at radius 2 is 2.43 bits per heavy atom. The van der Waals surface area contributed by atoms with Crippen molar-refractivity contribution in [3.05, 3.63) is 11.2 Å². The highest BCUT2D eigenvalue weighted by Crippen LogP contribution is 2.17. The maximum atomic E-state index is 5.71. The quantitative estimate of drug-likeness (QED) is 0.700. The predicted octanol–water partition coefficient (Wildman–Crippen LogP) is 0.453. The number of nitrogens with zero attached hydrogens (tertiary/aromatic N) is 2. The molecule has 1 aliphatic rings. The molecule has 0 saturated carbocycles. The Hall–Kier alpha value is -1.07. The summed E-state index contributed by atoms with van der Waals surface area (Å²) < 4.78 is 5.56. The molecule has 1 atom stereocenters. The fraction of sp³-hybridized carbons (Fsp3) is 0.500. The van der Waals surface area contributed by atoms with Gasteiger partial charge in [0, 0.05) is 12.6 Å². The largest absolute Gasteiger partial charge is 0.473 e. The minimum atomic E-state index is 0.137. The van der Waals surface area contributed by atoms with Crippen LogP contribution >= 0.6 is 11.6 Å². The standard InChI is InChI=1S/C8H11ClN4O/c9-6-3-7(13-8(10)12-6)14-5-1-2-11-4-5/h3,5,11H,1-2,4H2,(H2,10,12,13)/t5-/m1/s1. The second-order valence-corrected chi connectivity index (χ2v) is 3.51. The molecule has 2 heterocycles. The topological polar surface area (TPSA) is 73.1 Å². The first kappa shape index (κ1) is 9.48. The summed E-state index contributed by atoms with van der Waals surface area (Å²) in [6.45, 7) is 1.81. The van der Waals surface area contributed by atoms with Crippen molar-refractivity contribution in [2.24, 2.45) is 0 Å². The van der Waals surface area contributed by atoms with Gasteiger partial charge in [-0.2, -0.15) is 4.98 Å². The Bertz CT molecular complexity index is 307. The number of hydrogen-bond acceptors (Lipinski definition) is 5. The lowest BCUT2D eigenvalue weighted by molar-refractivity contribution is 0.214. The molecule has 6 heteroatoms. The van der Waals surface area contributed by atoms with Gasteiger partial charge in [0.25, 0.3) is 0 Å². The average Bonchev–Trinajstić information content (AvgIpc) is 2.54. The van der Waals surface area contributed by atoms with Gasteiger partial charge in [-0.15, -0.1) is 0 Å². The first-order valence-electron chi connectivity index (χ1n) is 4.41. The van der Waals surface area contributed by atoms with E-state index in [0.717, 1.165) is 19.5 Å². The molecule has 0 radical (unpaired) electrons. The Morgan fingerprint density at radius 1 is 1.57 bits per heavy atom. The van der Waals surface area contributed by atoms with Crippen LogP contribution in [-0.4, -0.2) is 29.2 Å². The van der Waals surface area contributed by atoms with Crippen LogP contribution in [0.25, 0.3) is 0 Å². The molecule has 1 fully saturated rings. The zero-order valence-corrected chi connectivity index (χ0v) is 8.29. The summed E-state index contributed by atoms with van der Waals surface area (Å²) in [7, 11) is 0. The number of aromatic nitrogens is 2. The van der Waals surface area contributed by atoms with E-state index in [9.17, 15) is 0 Å². The van der Waals surface area contributed by atoms with Gasteiger partial charge in [0.05, 0.1) is 0 Å². The fourth-order valence-electron chi connectivity index (χ4n) is 1.37. The molecule has 3 N–H and O–H groups in total. The van der Waals surface area contributed by atoms with Gasteiger partial charge in [0.1, 0.15) is 11.3 Å². The summed E-state index contributed by atoms with van der Waals surface area (Å²) >= 11 is 5.71. The van der Waals surface area contributed by atoms with E-state index in [2.05, 4.69) is 15.3 Å². The van der Waals surface area contributed by atoms with E-state index < -0.39 is 0 Å². The van der Waals surface area contributed by atoms with Crippen molar-refractivity contribution < 1.29 is 4.74 Å². The maximum absolute atomic E-state index is 5.71. The monoisotopic (exact) mass is 214 g/mol. The number of hydrogen-bond donors (Lipinski definition) is 2. The number of ether oxygens (including phenoxy) is 1. The molecule has 0 bridgehead atoms. The number of nitrogen functional groups attached to an aromatic ring is 1. The van der Waals surface area contributed by atoms with Crippen molar-refractivity contribution in [1.82, 2.24) is 15.3 Å². The summed E-state index contributed by atoms with van der Waals surface area (Å²) in [4.78, 5) is 7.68. The minimum absolute atomic E-state index is 0.137. The molecule has 5 nitrogen and oxygen atoms in total. The summed E-state index contributed by atoms with van der Waals surface area (Å²) in [5, 5.41) is 3.49. The summed E-state index contributed by atoms with van der Waals surface area (Å²) in [6, 6.07) is 1.57. The third kappa shape index (κ3) is 2.24. The highest BCUT2D eigenvalue weighted by Gasteiger charge is 2.16. The van der Waals surface area contributed by atoms with E-state index in [1.54, 1.807) is 6.07 Å². The van der Waals surface area contributed by atoms with E-state index in [1.807, 2.05) is 0 Å². The Balaban J connectivity index is 2.07. The van der Waals surface area contributed by atoms with Crippen molar-refractivity contribution in [2.75, 3.05) is 18.8 Å². The second kappa shape index (κ2) is 3.98. The smallest absolute Gasteiger partial charge is 0.224 e. The minimum Gasteiger partial charge on any atom is -0.473 e. The molecule has 0 aromatic carbocycles. The van der Waals surface area contributed by atoms with Gasteiger partial charge in [0.15, 0.2) is 0 Å². The van der Waals surface area contributed by atoms with Gasteiger partial charge in [0.2, 0.25) is 11.8 Å². The van der Waals surface area contributed by atoms with Crippen molar-refractivity contribution >= 4 is 17.5 Å². The number of rotatable bonds is 2. The summed E-state index contributed by atoms with van der Waals surface area (Å²) in [5.74, 6) is 0.578. The number of nitrogens with two attached hydrogens (primary N) is 1. The summed E-state index contributed by atoms with van der Waals surface area (Å²) in [5.41, 5.74) is 5.43. The Kier molecular flexibility index (Phi) is 2.69. The zero-order valence-electron chi connectivity index (χ0n) is 7.53. The molecular weight excluding hydrogens is 204 g/mol. The Labute approximate surface area is 86.6 Å². The van der Waals surface area contributed by atoms with Gasteiger partial charge < -0.3 is 15.8 Å². The lowest BCUT2D eigenvalue weighted by Crippen LogP contribution is -2.20. The van der Waals surface area contributed by atoms with Gasteiger partial charge in [-0.05, 0) is 13.0 Å². The molecule has 1 saturated heterocycles. The van der Waals surface area contributed by atoms with E-state index >= 15 is 0 Å². The fourth-order valence-corrected chi connectivity index (χ4v) is 1.55. The van der Waals surface area contributed by atoms with Gasteiger partial charge in [-0.1, -0.05) is 11.6 Å². The third-order valence-corrected chi connectivity index (χ3v) is 2.18. The predicted molar refractivity (Wildman–Crippen MR) is 53.4 cm³/mol. The van der Waals surface area contributed by atoms with Crippen LogP contribution in [0.5, 0.6) is 5.88 Å². The van der Waals surface area contributed by atoms with Crippen molar-refractivity contribution in [2.45, 2.75) is 12.5 Å². The lowest BCUT2D eigenvalue weighted by atomic mass is 10.3. The van der Waals surface area contributed by atoms with E-state index in [-0.39, 0.29) is 12.1 Å². The molecule has 1 aromatic heterocycles. The van der Waals surface area contributed by atoms with Crippen LogP contribution in [0.2, 0.25) is 5.15 Å². The number of halogens is 1. The molecule has 14 heavy (non-hydrogen) atoms. The van der Waals surface area contributed by atoms with Crippen LogP contribution in [0.1, 0.15) is 6.42 Å². The Morgan fingerprint density at radius 3 is 3.07 bits per heavy atom. The number of anilines is 1. The van der Waals surface area contributed by atoms with Gasteiger partial charge in [-0.3, -0.25) is 0 Å². The lowest BCUT2D eigenvalue weighted by Gasteiger charge is -2.11. The molecule has 2 rings (SSSR count). The third-order valence-electron chi connectivity index (χ3n) is 1.99. The highest BCUT2D eigenvalue weighted by molar-refractivity contribution is 6.29. The van der Waals surface area contributed by atoms with Crippen LogP contribution < -0.4 is 15.8 Å². The number of nitrogens with one attached hydrogen (secondary N) is 1. The molecule has 0 unspecified atom stereocenters. The molecule has 0 aliphatic carbocycles. The summed E-state index contributed by atoms with van der Waals surface area (Å²) in [6.07, 6.45) is 1.13. The van der Waals surface area contributed by atoms with Crippen molar-refractivity contribution in [1.29, 1.82) is 0 Å². The van der Waals surface area contributed by atoms with Crippen molar-refractivity contribution in [3.8, 4) is 5.88 Å². The van der Waals surface area contributed by atoms with E-state index in [0.29, 0.717) is 11.0 Å². The molecule has 1 aliphatic heterocycles. The van der Waals surface area contributed by atoms with Crippen molar-refractivity contribution in [3.63, 3.8) is 0 Å². The molecular formula is C8H11ClN4O. The SMILES string of the molecule is Nc1nc(Cl)cc(O[C@@H]2CCNC2)n1. The van der Waals surface area contributed by atoms with Crippen LogP contribution in [0.4, 0.5) is 5.95 Å². The second-order valence-electron chi connectivity index (χ2n) is 3.12. The van der Waals surface area contributed by atoms with Crippen LogP contribution in [0.15, 0.2) is 6.07 Å². The van der Waals surface area contributed by atoms with E-state index in [4.69, 9.17) is 22.1 Å². The van der Waals surface area contributed by atoms with Gasteiger partial charge in [-0.25, -0.2) is 4.98 Å². The molecule has 76 valence electrons. The van der Waals surface area contributed by atoms with Gasteiger partial charge >= 0.3 is 0 Å². The normalized spacial score (nSPS) is 21.1. The molecule has 0 amide bonds. The zero-order chi connectivity index (χ0) is 9.97. The molecule has 0 spiro atoms. The van der Waals surface area contributed by atoms with Crippen LogP contribution in [0.3, 0.4) is 0 Å². The first-order chi connectivity index (χ1) is 6.74. The van der Waals surface area contributed by atoms with Crippen LogP contribution in [-0.2, 0) is 0 Å².